The highest BCUT2D eigenvalue weighted by Crippen LogP contribution is 2.29. The first-order valence-electron chi connectivity index (χ1n) is 8.37. The lowest BCUT2D eigenvalue weighted by atomic mass is 9.84. The fourth-order valence-corrected chi connectivity index (χ4v) is 3.45. The second-order valence-corrected chi connectivity index (χ2v) is 7.46. The van der Waals surface area contributed by atoms with Gasteiger partial charge in [0, 0.05) is 16.4 Å². The Morgan fingerprint density at radius 3 is 2.46 bits per heavy atom. The van der Waals surface area contributed by atoms with E-state index in [1.165, 1.54) is 5.56 Å². The predicted octanol–water partition coefficient (Wildman–Crippen LogP) is 3.85. The molecule has 0 amide bonds. The van der Waals surface area contributed by atoms with Crippen molar-refractivity contribution >= 4 is 21.9 Å². The number of ether oxygens (including phenoxy) is 2. The summed E-state index contributed by atoms with van der Waals surface area (Å²) < 4.78 is 11.6. The highest BCUT2D eigenvalue weighted by Gasteiger charge is 2.22. The molecule has 0 radical (unpaired) electrons. The minimum Gasteiger partial charge on any atom is -0.493 e. The molecule has 2 aromatic carbocycles. The van der Waals surface area contributed by atoms with Crippen molar-refractivity contribution < 1.29 is 9.47 Å². The van der Waals surface area contributed by atoms with E-state index in [0.717, 1.165) is 10.0 Å². The SMILES string of the molecule is COc1ccc(CN=C(N)NCC(C)(C)c2ccccc2Br)cc1OC. The highest BCUT2D eigenvalue weighted by molar-refractivity contribution is 9.10. The van der Waals surface area contributed by atoms with Crippen LogP contribution in [-0.4, -0.2) is 26.7 Å². The molecule has 2 rings (SSSR count). The summed E-state index contributed by atoms with van der Waals surface area (Å²) in [4.78, 5) is 4.42. The standard InChI is InChI=1S/C20H26BrN3O2/c1-20(2,15-7-5-6-8-16(15)21)13-24-19(22)23-12-14-9-10-17(25-3)18(11-14)26-4/h5-11H,12-13H2,1-4H3,(H3,22,23,24). The summed E-state index contributed by atoms with van der Waals surface area (Å²) in [5, 5.41) is 3.22. The maximum absolute atomic E-state index is 6.04. The van der Waals surface area contributed by atoms with Gasteiger partial charge in [0.25, 0.3) is 0 Å². The van der Waals surface area contributed by atoms with Gasteiger partial charge >= 0.3 is 0 Å². The van der Waals surface area contributed by atoms with Gasteiger partial charge in [-0.3, -0.25) is 0 Å². The molecule has 0 aliphatic heterocycles. The minimum atomic E-state index is -0.0937. The average Bonchev–Trinajstić information content (AvgIpc) is 2.64. The van der Waals surface area contributed by atoms with Crippen molar-refractivity contribution in [1.29, 1.82) is 0 Å². The number of methoxy groups -OCH3 is 2. The number of hydrogen-bond donors (Lipinski definition) is 2. The second-order valence-electron chi connectivity index (χ2n) is 6.61. The molecule has 2 aromatic rings. The van der Waals surface area contributed by atoms with E-state index in [9.17, 15) is 0 Å². The first-order chi connectivity index (χ1) is 12.4. The van der Waals surface area contributed by atoms with Crippen LogP contribution < -0.4 is 20.5 Å². The molecule has 0 heterocycles. The summed E-state index contributed by atoms with van der Waals surface area (Å²) in [6.45, 7) is 5.48. The molecular formula is C20H26BrN3O2. The van der Waals surface area contributed by atoms with Crippen LogP contribution in [0.15, 0.2) is 51.9 Å². The molecule has 0 aliphatic carbocycles. The van der Waals surface area contributed by atoms with Gasteiger partial charge in [-0.2, -0.15) is 0 Å². The van der Waals surface area contributed by atoms with Crippen molar-refractivity contribution in [2.45, 2.75) is 25.8 Å². The van der Waals surface area contributed by atoms with Gasteiger partial charge in [0.05, 0.1) is 20.8 Å². The van der Waals surface area contributed by atoms with Gasteiger partial charge in [0.1, 0.15) is 0 Å². The number of rotatable bonds is 7. The molecule has 0 unspecified atom stereocenters. The van der Waals surface area contributed by atoms with Crippen LogP contribution in [0.1, 0.15) is 25.0 Å². The van der Waals surface area contributed by atoms with E-state index in [1.54, 1.807) is 14.2 Å². The van der Waals surface area contributed by atoms with E-state index in [2.05, 4.69) is 46.2 Å². The Labute approximate surface area is 163 Å². The van der Waals surface area contributed by atoms with Gasteiger partial charge < -0.3 is 20.5 Å². The van der Waals surface area contributed by atoms with Crippen molar-refractivity contribution in [1.82, 2.24) is 5.32 Å². The van der Waals surface area contributed by atoms with Crippen LogP contribution in [0.2, 0.25) is 0 Å². The zero-order valence-electron chi connectivity index (χ0n) is 15.7. The van der Waals surface area contributed by atoms with Crippen LogP contribution in [0.4, 0.5) is 0 Å². The van der Waals surface area contributed by atoms with Crippen LogP contribution in [0.25, 0.3) is 0 Å². The summed E-state index contributed by atoms with van der Waals surface area (Å²) in [6.07, 6.45) is 0. The number of nitrogens with one attached hydrogen (secondary N) is 1. The summed E-state index contributed by atoms with van der Waals surface area (Å²) >= 11 is 3.61. The lowest BCUT2D eigenvalue weighted by Crippen LogP contribution is -2.40. The van der Waals surface area contributed by atoms with Gasteiger partial charge in [-0.05, 0) is 29.3 Å². The number of nitrogens with two attached hydrogens (primary N) is 1. The summed E-state index contributed by atoms with van der Waals surface area (Å²) in [5.41, 5.74) is 8.17. The number of nitrogens with zero attached hydrogens (tertiary/aromatic N) is 1. The predicted molar refractivity (Wildman–Crippen MR) is 110 cm³/mol. The van der Waals surface area contributed by atoms with E-state index in [-0.39, 0.29) is 5.41 Å². The van der Waals surface area contributed by atoms with E-state index < -0.39 is 0 Å². The first-order valence-corrected chi connectivity index (χ1v) is 9.16. The summed E-state index contributed by atoms with van der Waals surface area (Å²) in [6, 6.07) is 13.9. The molecule has 0 bridgehead atoms. The van der Waals surface area contributed by atoms with Crippen molar-refractivity contribution in [3.63, 3.8) is 0 Å². The van der Waals surface area contributed by atoms with Gasteiger partial charge in [0.2, 0.25) is 0 Å². The molecule has 26 heavy (non-hydrogen) atoms. The minimum absolute atomic E-state index is 0.0937. The van der Waals surface area contributed by atoms with Gasteiger partial charge in [-0.25, -0.2) is 4.99 Å². The molecule has 0 fully saturated rings. The smallest absolute Gasteiger partial charge is 0.188 e. The Morgan fingerprint density at radius 2 is 1.81 bits per heavy atom. The largest absolute Gasteiger partial charge is 0.493 e. The van der Waals surface area contributed by atoms with E-state index in [0.29, 0.717) is 30.5 Å². The maximum Gasteiger partial charge on any atom is 0.188 e. The van der Waals surface area contributed by atoms with Crippen LogP contribution >= 0.6 is 15.9 Å². The molecular weight excluding hydrogens is 394 g/mol. The number of halogens is 1. The monoisotopic (exact) mass is 419 g/mol. The molecule has 0 spiro atoms. The molecule has 3 N–H and O–H groups in total. The van der Waals surface area contributed by atoms with Crippen LogP contribution in [0, 0.1) is 0 Å². The lowest BCUT2D eigenvalue weighted by molar-refractivity contribution is 0.354. The third-order valence-electron chi connectivity index (χ3n) is 4.19. The van der Waals surface area contributed by atoms with Crippen molar-refractivity contribution in [3.8, 4) is 11.5 Å². The Morgan fingerprint density at radius 1 is 1.12 bits per heavy atom. The van der Waals surface area contributed by atoms with Crippen molar-refractivity contribution in [2.75, 3.05) is 20.8 Å². The van der Waals surface area contributed by atoms with Crippen molar-refractivity contribution in [3.05, 3.63) is 58.1 Å². The van der Waals surface area contributed by atoms with Crippen molar-refractivity contribution in [2.24, 2.45) is 10.7 Å². The zero-order chi connectivity index (χ0) is 19.2. The van der Waals surface area contributed by atoms with E-state index in [4.69, 9.17) is 15.2 Å². The van der Waals surface area contributed by atoms with Crippen LogP contribution in [0.5, 0.6) is 11.5 Å². The Kier molecular flexibility index (Phi) is 6.91. The molecule has 0 aliphatic rings. The molecule has 0 saturated heterocycles. The Hall–Kier alpha value is -2.21. The Bertz CT molecular complexity index is 775. The molecule has 0 aromatic heterocycles. The normalized spacial score (nSPS) is 12.0. The fraction of sp³-hybridized carbons (Fsp3) is 0.350. The number of guanidine groups is 1. The Balaban J connectivity index is 1.99. The maximum atomic E-state index is 6.04. The second kappa shape index (κ2) is 8.94. The average molecular weight is 420 g/mol. The topological polar surface area (TPSA) is 68.9 Å². The lowest BCUT2D eigenvalue weighted by Gasteiger charge is -2.27. The van der Waals surface area contributed by atoms with E-state index >= 15 is 0 Å². The van der Waals surface area contributed by atoms with Crippen LogP contribution in [0.3, 0.4) is 0 Å². The number of hydrogen-bond acceptors (Lipinski definition) is 3. The molecule has 0 atom stereocenters. The fourth-order valence-electron chi connectivity index (χ4n) is 2.63. The van der Waals surface area contributed by atoms with Gasteiger partial charge in [0.15, 0.2) is 17.5 Å². The number of aliphatic imine (C=N–C) groups is 1. The van der Waals surface area contributed by atoms with Crippen LogP contribution in [-0.2, 0) is 12.0 Å². The highest BCUT2D eigenvalue weighted by atomic mass is 79.9. The van der Waals surface area contributed by atoms with E-state index in [1.807, 2.05) is 36.4 Å². The zero-order valence-corrected chi connectivity index (χ0v) is 17.3. The third-order valence-corrected chi connectivity index (χ3v) is 4.89. The molecule has 140 valence electrons. The molecule has 6 heteroatoms. The van der Waals surface area contributed by atoms with Gasteiger partial charge in [-0.15, -0.1) is 0 Å². The van der Waals surface area contributed by atoms with Gasteiger partial charge in [-0.1, -0.05) is 54.0 Å². The first kappa shape index (κ1) is 20.1. The summed E-state index contributed by atoms with van der Waals surface area (Å²) in [7, 11) is 3.23. The molecule has 0 saturated carbocycles. The quantitative estimate of drug-likeness (QED) is 0.528. The third kappa shape index (κ3) is 5.14. The molecule has 5 nitrogen and oxygen atoms in total. The number of benzene rings is 2. The summed E-state index contributed by atoms with van der Waals surface area (Å²) in [5.74, 6) is 1.79.